The Morgan fingerprint density at radius 3 is 2.75 bits per heavy atom. The van der Waals surface area contributed by atoms with E-state index in [1.807, 2.05) is 53.1 Å². The van der Waals surface area contributed by atoms with Crippen molar-refractivity contribution in [2.45, 2.75) is 6.42 Å². The molecule has 116 valence electrons. The summed E-state index contributed by atoms with van der Waals surface area (Å²) in [5, 5.41) is 2.70. The highest BCUT2D eigenvalue weighted by atomic mass is 16.6. The second-order valence-corrected chi connectivity index (χ2v) is 5.97. The van der Waals surface area contributed by atoms with E-state index in [2.05, 4.69) is 12.2 Å². The predicted octanol–water partition coefficient (Wildman–Crippen LogP) is 2.52. The van der Waals surface area contributed by atoms with Gasteiger partial charge in [0, 0.05) is 33.9 Å². The summed E-state index contributed by atoms with van der Waals surface area (Å²) in [5.41, 5.74) is 4.02. The summed E-state index contributed by atoms with van der Waals surface area (Å²) in [4.78, 5) is 18.7. The standard InChI is InChI=1S/C20H15N2O2/c1-24-21-12-11-15-13-7-3-2-4-10-17(13)22-19(15)18(21)14-8-5-6-9-16(14)20(22)23/h2-9,11-12H,10H2,1H3/q+1. The van der Waals surface area contributed by atoms with Crippen LogP contribution in [0, 0.1) is 0 Å². The molecular weight excluding hydrogens is 300 g/mol. The van der Waals surface area contributed by atoms with E-state index in [-0.39, 0.29) is 5.56 Å². The van der Waals surface area contributed by atoms with Crippen molar-refractivity contribution >= 4 is 33.3 Å². The molecular formula is C20H15N2O2+. The second-order valence-electron chi connectivity index (χ2n) is 5.97. The van der Waals surface area contributed by atoms with Gasteiger partial charge in [0.25, 0.3) is 11.1 Å². The van der Waals surface area contributed by atoms with Crippen molar-refractivity contribution in [2.24, 2.45) is 0 Å². The number of benzene rings is 1. The van der Waals surface area contributed by atoms with Crippen LogP contribution in [0.1, 0.15) is 11.3 Å². The Labute approximate surface area is 137 Å². The molecule has 1 aliphatic rings. The van der Waals surface area contributed by atoms with Gasteiger partial charge < -0.3 is 0 Å². The zero-order valence-electron chi connectivity index (χ0n) is 13.2. The lowest BCUT2D eigenvalue weighted by Crippen LogP contribution is -2.41. The predicted molar refractivity (Wildman–Crippen MR) is 94.4 cm³/mol. The molecule has 3 heterocycles. The largest absolute Gasteiger partial charge is 0.290 e. The normalized spacial score (nSPS) is 13.7. The highest BCUT2D eigenvalue weighted by molar-refractivity contribution is 6.10. The number of hydrogen-bond donors (Lipinski definition) is 0. The van der Waals surface area contributed by atoms with E-state index in [0.717, 1.165) is 39.5 Å². The van der Waals surface area contributed by atoms with E-state index < -0.39 is 0 Å². The van der Waals surface area contributed by atoms with Crippen molar-refractivity contribution in [1.82, 2.24) is 4.40 Å². The number of allylic oxidation sites excluding steroid dienone is 3. The number of rotatable bonds is 1. The number of pyridine rings is 2. The molecule has 1 aliphatic carbocycles. The summed E-state index contributed by atoms with van der Waals surface area (Å²) in [6, 6.07) is 9.75. The van der Waals surface area contributed by atoms with Crippen LogP contribution in [0.2, 0.25) is 0 Å². The van der Waals surface area contributed by atoms with Crippen LogP contribution in [0.3, 0.4) is 0 Å². The topological polar surface area (TPSA) is 34.6 Å². The summed E-state index contributed by atoms with van der Waals surface area (Å²) in [6.07, 6.45) is 10.9. The van der Waals surface area contributed by atoms with E-state index in [0.29, 0.717) is 5.39 Å². The zero-order chi connectivity index (χ0) is 16.3. The summed E-state index contributed by atoms with van der Waals surface area (Å²) >= 11 is 0. The van der Waals surface area contributed by atoms with Crippen molar-refractivity contribution in [1.29, 1.82) is 0 Å². The van der Waals surface area contributed by atoms with Gasteiger partial charge in [-0.3, -0.25) is 14.0 Å². The first-order chi connectivity index (χ1) is 11.8. The first-order valence-electron chi connectivity index (χ1n) is 7.95. The molecule has 0 amide bonds. The van der Waals surface area contributed by atoms with Gasteiger partial charge in [-0.25, -0.2) is 0 Å². The van der Waals surface area contributed by atoms with Gasteiger partial charge in [0.15, 0.2) is 0 Å². The molecule has 3 aromatic heterocycles. The molecule has 0 atom stereocenters. The lowest BCUT2D eigenvalue weighted by atomic mass is 10.1. The first kappa shape index (κ1) is 13.3. The first-order valence-corrected chi connectivity index (χ1v) is 7.95. The lowest BCUT2D eigenvalue weighted by Gasteiger charge is -2.05. The van der Waals surface area contributed by atoms with Crippen LogP contribution in [-0.2, 0) is 6.42 Å². The monoisotopic (exact) mass is 315 g/mol. The van der Waals surface area contributed by atoms with Crippen molar-refractivity contribution < 1.29 is 9.57 Å². The number of fused-ring (bicyclic) bond motifs is 5. The summed E-state index contributed by atoms with van der Waals surface area (Å²) in [6.45, 7) is 0. The van der Waals surface area contributed by atoms with E-state index in [1.54, 1.807) is 11.8 Å². The SMILES string of the molecule is CO[n+]1ccc2c3c(n4c(=O)c5ccccc5c1c24)CC=CC=C3. The average Bonchev–Trinajstić information content (AvgIpc) is 2.77. The molecule has 0 fully saturated rings. The molecule has 4 heteroatoms. The van der Waals surface area contributed by atoms with Gasteiger partial charge in [-0.1, -0.05) is 36.4 Å². The van der Waals surface area contributed by atoms with Crippen LogP contribution in [0.25, 0.3) is 33.3 Å². The van der Waals surface area contributed by atoms with E-state index in [4.69, 9.17) is 4.84 Å². The third-order valence-corrected chi connectivity index (χ3v) is 4.80. The van der Waals surface area contributed by atoms with Gasteiger partial charge >= 0.3 is 0 Å². The Balaban J connectivity index is 2.18. The number of hydrogen-bond acceptors (Lipinski definition) is 2. The average molecular weight is 315 g/mol. The van der Waals surface area contributed by atoms with E-state index in [1.165, 1.54) is 0 Å². The third kappa shape index (κ3) is 1.52. The van der Waals surface area contributed by atoms with Crippen LogP contribution < -0.4 is 15.1 Å². The molecule has 4 nitrogen and oxygen atoms in total. The number of aromatic nitrogens is 2. The van der Waals surface area contributed by atoms with E-state index >= 15 is 0 Å². The fourth-order valence-corrected chi connectivity index (χ4v) is 3.80. The fourth-order valence-electron chi connectivity index (χ4n) is 3.80. The van der Waals surface area contributed by atoms with Crippen molar-refractivity contribution in [3.05, 3.63) is 76.4 Å². The molecule has 0 N–H and O–H groups in total. The molecule has 5 rings (SSSR count). The molecule has 1 aromatic carbocycles. The second kappa shape index (κ2) is 4.68. The Morgan fingerprint density at radius 1 is 1.08 bits per heavy atom. The molecule has 0 saturated carbocycles. The minimum Gasteiger partial charge on any atom is -0.274 e. The molecule has 0 unspecified atom stereocenters. The summed E-state index contributed by atoms with van der Waals surface area (Å²) < 4.78 is 3.60. The van der Waals surface area contributed by atoms with Crippen LogP contribution in [0.15, 0.2) is 59.6 Å². The Morgan fingerprint density at radius 2 is 1.92 bits per heavy atom. The minimum absolute atomic E-state index is 0.0295. The minimum atomic E-state index is 0.0295. The van der Waals surface area contributed by atoms with Gasteiger partial charge in [-0.15, -0.1) is 0 Å². The Hall–Kier alpha value is -3.14. The molecule has 0 radical (unpaired) electrons. The molecule has 4 aromatic rings. The third-order valence-electron chi connectivity index (χ3n) is 4.80. The highest BCUT2D eigenvalue weighted by Crippen LogP contribution is 2.32. The lowest BCUT2D eigenvalue weighted by molar-refractivity contribution is -0.864. The maximum atomic E-state index is 13.2. The summed E-state index contributed by atoms with van der Waals surface area (Å²) in [5.74, 6) is 0. The van der Waals surface area contributed by atoms with Gasteiger partial charge in [0.1, 0.15) is 12.6 Å². The molecule has 0 saturated heterocycles. The fraction of sp³-hybridized carbons (Fsp3) is 0.100. The van der Waals surface area contributed by atoms with Gasteiger partial charge in [0.05, 0.1) is 10.8 Å². The smallest absolute Gasteiger partial charge is 0.274 e. The van der Waals surface area contributed by atoms with Crippen molar-refractivity contribution in [3.8, 4) is 0 Å². The zero-order valence-corrected chi connectivity index (χ0v) is 13.2. The highest BCUT2D eigenvalue weighted by Gasteiger charge is 2.26. The van der Waals surface area contributed by atoms with E-state index in [9.17, 15) is 4.79 Å². The van der Waals surface area contributed by atoms with Gasteiger partial charge in [0.2, 0.25) is 6.20 Å². The van der Waals surface area contributed by atoms with Crippen LogP contribution in [0.5, 0.6) is 0 Å². The van der Waals surface area contributed by atoms with Crippen LogP contribution in [-0.4, -0.2) is 11.5 Å². The van der Waals surface area contributed by atoms with Crippen LogP contribution >= 0.6 is 0 Å². The maximum Gasteiger partial charge on any atom is 0.290 e. The summed E-state index contributed by atoms with van der Waals surface area (Å²) in [7, 11) is 1.64. The quantitative estimate of drug-likeness (QED) is 0.400. The van der Waals surface area contributed by atoms with Gasteiger partial charge in [-0.2, -0.15) is 0 Å². The Bertz CT molecular complexity index is 1230. The number of nitrogens with zero attached hydrogens (tertiary/aromatic N) is 2. The van der Waals surface area contributed by atoms with Crippen LogP contribution in [0.4, 0.5) is 0 Å². The molecule has 0 bridgehead atoms. The van der Waals surface area contributed by atoms with Crippen molar-refractivity contribution in [2.75, 3.05) is 7.11 Å². The molecule has 0 spiro atoms. The maximum absolute atomic E-state index is 13.2. The molecule has 24 heavy (non-hydrogen) atoms. The molecule has 0 aliphatic heterocycles. The van der Waals surface area contributed by atoms with Crippen molar-refractivity contribution in [3.63, 3.8) is 0 Å². The van der Waals surface area contributed by atoms with Gasteiger partial charge in [-0.05, 0) is 12.1 Å². The Kier molecular flexibility index (Phi) is 2.59.